The Morgan fingerprint density at radius 1 is 1.16 bits per heavy atom. The van der Waals surface area contributed by atoms with Crippen LogP contribution in [0.5, 0.6) is 0 Å². The first-order chi connectivity index (χ1) is 9.20. The molecule has 2 aromatic heterocycles. The van der Waals surface area contributed by atoms with Crippen molar-refractivity contribution in [2.24, 2.45) is 0 Å². The molecule has 0 bridgehead atoms. The van der Waals surface area contributed by atoms with Crippen LogP contribution in [-0.2, 0) is 13.1 Å². The fourth-order valence-corrected chi connectivity index (χ4v) is 2.42. The molecule has 0 aliphatic carbocycles. The lowest BCUT2D eigenvalue weighted by Gasteiger charge is -2.03. The van der Waals surface area contributed by atoms with Crippen molar-refractivity contribution in [1.29, 1.82) is 0 Å². The molecule has 0 saturated carbocycles. The van der Waals surface area contributed by atoms with Crippen molar-refractivity contribution in [3.63, 3.8) is 0 Å². The van der Waals surface area contributed by atoms with Crippen LogP contribution < -0.4 is 0 Å². The molecule has 4 heteroatoms. The summed E-state index contributed by atoms with van der Waals surface area (Å²) in [5.74, 6) is 0. The van der Waals surface area contributed by atoms with E-state index in [4.69, 9.17) is 5.10 Å². The van der Waals surface area contributed by atoms with Crippen molar-refractivity contribution in [3.8, 4) is 0 Å². The van der Waals surface area contributed by atoms with Crippen LogP contribution in [0.25, 0.3) is 10.9 Å². The maximum absolute atomic E-state index is 4.72. The number of rotatable bonds is 3. The average molecular weight is 254 g/mol. The van der Waals surface area contributed by atoms with Gasteiger partial charge in [0.15, 0.2) is 0 Å². The smallest absolute Gasteiger partial charge is 0.0955 e. The molecule has 0 unspecified atom stereocenters. The van der Waals surface area contributed by atoms with Gasteiger partial charge in [-0.25, -0.2) is 4.98 Å². The zero-order valence-corrected chi connectivity index (χ0v) is 11.6. The molecule has 2 heterocycles. The van der Waals surface area contributed by atoms with Gasteiger partial charge in [0.05, 0.1) is 29.8 Å². The van der Waals surface area contributed by atoms with Gasteiger partial charge in [-0.1, -0.05) is 18.2 Å². The zero-order chi connectivity index (χ0) is 13.4. The van der Waals surface area contributed by atoms with E-state index in [1.807, 2.05) is 13.3 Å². The van der Waals surface area contributed by atoms with E-state index < -0.39 is 0 Å². The van der Waals surface area contributed by atoms with Crippen LogP contribution in [0.4, 0.5) is 0 Å². The van der Waals surface area contributed by atoms with E-state index in [9.17, 15) is 0 Å². The van der Waals surface area contributed by atoms with Gasteiger partial charge in [0, 0.05) is 17.6 Å². The molecule has 0 saturated heterocycles. The molecule has 0 radical (unpaired) electrons. The normalized spacial score (nSPS) is 11.3. The molecule has 3 rings (SSSR count). The second-order valence-corrected chi connectivity index (χ2v) is 4.82. The number of benzene rings is 1. The van der Waals surface area contributed by atoms with Gasteiger partial charge >= 0.3 is 0 Å². The number of fused-ring (bicyclic) bond motifs is 1. The van der Waals surface area contributed by atoms with Crippen LogP contribution in [0.2, 0.25) is 0 Å². The number of hydrogen-bond acceptors (Lipinski definition) is 2. The first kappa shape index (κ1) is 12.0. The standard InChI is InChI=1S/C15H18N4/c1-4-19-15-8-6-5-7-13(15)14(17-19)9-18-10-16-11(2)12(18)3/h5-8,10H,4,9H2,1-3H3. The van der Waals surface area contributed by atoms with Crippen LogP contribution in [-0.4, -0.2) is 19.3 Å². The lowest BCUT2D eigenvalue weighted by atomic mass is 10.2. The van der Waals surface area contributed by atoms with Crippen LogP contribution >= 0.6 is 0 Å². The van der Waals surface area contributed by atoms with Crippen molar-refractivity contribution in [2.75, 3.05) is 0 Å². The summed E-state index contributed by atoms with van der Waals surface area (Å²) in [7, 11) is 0. The van der Waals surface area contributed by atoms with Gasteiger partial charge in [-0.2, -0.15) is 5.10 Å². The Balaban J connectivity index is 2.08. The van der Waals surface area contributed by atoms with E-state index in [-0.39, 0.29) is 0 Å². The second kappa shape index (κ2) is 4.53. The van der Waals surface area contributed by atoms with Gasteiger partial charge in [-0.15, -0.1) is 0 Å². The summed E-state index contributed by atoms with van der Waals surface area (Å²) in [4.78, 5) is 4.35. The topological polar surface area (TPSA) is 35.6 Å². The van der Waals surface area contributed by atoms with E-state index in [0.717, 1.165) is 24.5 Å². The van der Waals surface area contributed by atoms with E-state index >= 15 is 0 Å². The molecule has 0 aliphatic heterocycles. The molecule has 4 nitrogen and oxygen atoms in total. The Morgan fingerprint density at radius 2 is 1.95 bits per heavy atom. The fraction of sp³-hybridized carbons (Fsp3) is 0.333. The largest absolute Gasteiger partial charge is 0.329 e. The van der Waals surface area contributed by atoms with Crippen LogP contribution in [0.15, 0.2) is 30.6 Å². The van der Waals surface area contributed by atoms with E-state index in [1.54, 1.807) is 0 Å². The van der Waals surface area contributed by atoms with Gasteiger partial charge < -0.3 is 4.57 Å². The third-order valence-electron chi connectivity index (χ3n) is 3.70. The van der Waals surface area contributed by atoms with E-state index in [2.05, 4.69) is 52.3 Å². The van der Waals surface area contributed by atoms with Gasteiger partial charge in [0.25, 0.3) is 0 Å². The molecular weight excluding hydrogens is 236 g/mol. The molecule has 0 aliphatic rings. The summed E-state index contributed by atoms with van der Waals surface area (Å²) in [6, 6.07) is 8.40. The molecule has 1 aromatic carbocycles. The predicted octanol–water partition coefficient (Wildman–Crippen LogP) is 2.92. The lowest BCUT2D eigenvalue weighted by Crippen LogP contribution is -2.03. The number of nitrogens with zero attached hydrogens (tertiary/aromatic N) is 4. The summed E-state index contributed by atoms with van der Waals surface area (Å²) in [5, 5.41) is 5.95. The third-order valence-corrected chi connectivity index (χ3v) is 3.70. The predicted molar refractivity (Wildman–Crippen MR) is 76.2 cm³/mol. The number of hydrogen-bond donors (Lipinski definition) is 0. The lowest BCUT2D eigenvalue weighted by molar-refractivity contribution is 0.650. The van der Waals surface area contributed by atoms with Crippen molar-refractivity contribution >= 4 is 10.9 Å². The SMILES string of the molecule is CCn1nc(Cn2cnc(C)c2C)c2ccccc21. The summed E-state index contributed by atoms with van der Waals surface area (Å²) in [6.45, 7) is 7.92. The fourth-order valence-electron chi connectivity index (χ4n) is 2.42. The van der Waals surface area contributed by atoms with Crippen molar-refractivity contribution in [2.45, 2.75) is 33.9 Å². The zero-order valence-electron chi connectivity index (χ0n) is 11.6. The second-order valence-electron chi connectivity index (χ2n) is 4.82. The molecule has 0 atom stereocenters. The Labute approximate surface area is 112 Å². The number of aromatic nitrogens is 4. The minimum Gasteiger partial charge on any atom is -0.329 e. The average Bonchev–Trinajstić information content (AvgIpc) is 2.95. The Morgan fingerprint density at radius 3 is 2.63 bits per heavy atom. The van der Waals surface area contributed by atoms with Crippen molar-refractivity contribution < 1.29 is 0 Å². The highest BCUT2D eigenvalue weighted by Crippen LogP contribution is 2.20. The molecular formula is C15H18N4. The summed E-state index contributed by atoms with van der Waals surface area (Å²) in [6.07, 6.45) is 1.89. The summed E-state index contributed by atoms with van der Waals surface area (Å²) < 4.78 is 4.22. The highest BCUT2D eigenvalue weighted by atomic mass is 15.3. The molecule has 0 amide bonds. The maximum atomic E-state index is 4.72. The first-order valence-electron chi connectivity index (χ1n) is 6.63. The summed E-state index contributed by atoms with van der Waals surface area (Å²) in [5.41, 5.74) is 4.60. The highest BCUT2D eigenvalue weighted by molar-refractivity contribution is 5.81. The van der Waals surface area contributed by atoms with Gasteiger partial charge in [-0.05, 0) is 26.8 Å². The monoisotopic (exact) mass is 254 g/mol. The maximum Gasteiger partial charge on any atom is 0.0955 e. The van der Waals surface area contributed by atoms with E-state index in [0.29, 0.717) is 0 Å². The molecule has 3 aromatic rings. The van der Waals surface area contributed by atoms with Gasteiger partial charge in [0.1, 0.15) is 0 Å². The Kier molecular flexibility index (Phi) is 2.85. The van der Waals surface area contributed by atoms with Crippen molar-refractivity contribution in [3.05, 3.63) is 47.7 Å². The molecule has 98 valence electrons. The molecule has 0 spiro atoms. The van der Waals surface area contributed by atoms with Gasteiger partial charge in [0.2, 0.25) is 0 Å². The van der Waals surface area contributed by atoms with E-state index in [1.165, 1.54) is 16.6 Å². The minimum atomic E-state index is 0.778. The number of imidazole rings is 1. The summed E-state index contributed by atoms with van der Waals surface area (Å²) >= 11 is 0. The van der Waals surface area contributed by atoms with Crippen molar-refractivity contribution in [1.82, 2.24) is 19.3 Å². The van der Waals surface area contributed by atoms with Crippen LogP contribution in [0, 0.1) is 13.8 Å². The first-order valence-corrected chi connectivity index (χ1v) is 6.63. The van der Waals surface area contributed by atoms with Gasteiger partial charge in [-0.3, -0.25) is 4.68 Å². The molecule has 0 N–H and O–H groups in total. The quantitative estimate of drug-likeness (QED) is 0.720. The Bertz CT molecular complexity index is 721. The molecule has 0 fully saturated rings. The number of para-hydroxylation sites is 1. The Hall–Kier alpha value is -2.10. The van der Waals surface area contributed by atoms with Crippen LogP contribution in [0.3, 0.4) is 0 Å². The molecule has 19 heavy (non-hydrogen) atoms. The third kappa shape index (κ3) is 1.93. The number of aryl methyl sites for hydroxylation is 2. The minimum absolute atomic E-state index is 0.778. The highest BCUT2D eigenvalue weighted by Gasteiger charge is 2.11. The van der Waals surface area contributed by atoms with Crippen LogP contribution in [0.1, 0.15) is 24.0 Å².